The normalized spacial score (nSPS) is 21.9. The Morgan fingerprint density at radius 2 is 2.25 bits per heavy atom. The van der Waals surface area contributed by atoms with Gasteiger partial charge >= 0.3 is 12.0 Å². The van der Waals surface area contributed by atoms with Gasteiger partial charge in [0, 0.05) is 25.6 Å². The van der Waals surface area contributed by atoms with E-state index in [1.807, 2.05) is 13.8 Å². The topological polar surface area (TPSA) is 69.6 Å². The van der Waals surface area contributed by atoms with Gasteiger partial charge in [0.15, 0.2) is 0 Å². The zero-order valence-corrected chi connectivity index (χ0v) is 9.90. The van der Waals surface area contributed by atoms with Crippen LogP contribution in [-0.2, 0) is 4.79 Å². The lowest BCUT2D eigenvalue weighted by Crippen LogP contribution is -2.42. The van der Waals surface area contributed by atoms with Gasteiger partial charge in [-0.25, -0.2) is 4.79 Å². The Hall–Kier alpha value is -1.26. The Kier molecular flexibility index (Phi) is 4.58. The second-order valence-electron chi connectivity index (χ2n) is 4.46. The van der Waals surface area contributed by atoms with Crippen molar-refractivity contribution >= 4 is 12.0 Å². The zero-order chi connectivity index (χ0) is 12.1. The van der Waals surface area contributed by atoms with Crippen molar-refractivity contribution < 1.29 is 14.7 Å². The van der Waals surface area contributed by atoms with Gasteiger partial charge in [0.25, 0.3) is 0 Å². The summed E-state index contributed by atoms with van der Waals surface area (Å²) in [7, 11) is 0. The number of carboxylic acids is 1. The quantitative estimate of drug-likeness (QED) is 0.761. The minimum atomic E-state index is -0.783. The van der Waals surface area contributed by atoms with Crippen LogP contribution in [0.15, 0.2) is 0 Å². The van der Waals surface area contributed by atoms with Gasteiger partial charge in [0.1, 0.15) is 0 Å². The third kappa shape index (κ3) is 3.72. The molecule has 0 aromatic rings. The highest BCUT2D eigenvalue weighted by atomic mass is 16.4. The smallest absolute Gasteiger partial charge is 0.317 e. The van der Waals surface area contributed by atoms with E-state index in [9.17, 15) is 9.59 Å². The van der Waals surface area contributed by atoms with Crippen molar-refractivity contribution in [3.05, 3.63) is 0 Å². The van der Waals surface area contributed by atoms with Crippen molar-refractivity contribution in [1.29, 1.82) is 0 Å². The third-order valence-corrected chi connectivity index (χ3v) is 3.02. The lowest BCUT2D eigenvalue weighted by atomic mass is 10.1. The predicted molar refractivity (Wildman–Crippen MR) is 60.2 cm³/mol. The van der Waals surface area contributed by atoms with Crippen LogP contribution in [0.1, 0.15) is 33.1 Å². The van der Waals surface area contributed by atoms with E-state index in [-0.39, 0.29) is 24.4 Å². The molecule has 1 rings (SSSR count). The summed E-state index contributed by atoms with van der Waals surface area (Å²) in [5, 5.41) is 11.5. The van der Waals surface area contributed by atoms with Gasteiger partial charge in [-0.1, -0.05) is 6.92 Å². The largest absolute Gasteiger partial charge is 0.481 e. The Balaban J connectivity index is 2.34. The number of hydrogen-bond donors (Lipinski definition) is 2. The maximum atomic E-state index is 11.7. The fourth-order valence-electron chi connectivity index (χ4n) is 1.83. The van der Waals surface area contributed by atoms with Gasteiger partial charge in [0.05, 0.1) is 0 Å². The molecule has 2 amide bonds. The molecule has 0 radical (unpaired) electrons. The zero-order valence-electron chi connectivity index (χ0n) is 9.90. The minimum absolute atomic E-state index is 0.0674. The summed E-state index contributed by atoms with van der Waals surface area (Å²) in [5.41, 5.74) is 0. The van der Waals surface area contributed by atoms with Gasteiger partial charge in [-0.15, -0.1) is 0 Å². The van der Waals surface area contributed by atoms with Crippen molar-refractivity contribution in [3.8, 4) is 0 Å². The van der Waals surface area contributed by atoms with Crippen molar-refractivity contribution in [1.82, 2.24) is 10.2 Å². The Bertz CT molecular complexity index is 268. The summed E-state index contributed by atoms with van der Waals surface area (Å²) >= 11 is 0. The molecule has 1 heterocycles. The molecule has 2 N–H and O–H groups in total. The molecule has 16 heavy (non-hydrogen) atoms. The molecule has 1 aliphatic rings. The van der Waals surface area contributed by atoms with E-state index in [0.29, 0.717) is 13.1 Å². The van der Waals surface area contributed by atoms with Crippen LogP contribution in [0.25, 0.3) is 0 Å². The predicted octanol–water partition coefficient (Wildman–Crippen LogP) is 1.29. The number of urea groups is 1. The van der Waals surface area contributed by atoms with Crippen LogP contribution in [0.5, 0.6) is 0 Å². The number of amides is 2. The molecule has 0 aromatic carbocycles. The standard InChI is InChI=1S/C11H20N2O3/c1-3-8(2)12-11(16)13-5-4-9(7-13)6-10(14)15/h8-9H,3-7H2,1-2H3,(H,12,16)(H,14,15). The summed E-state index contributed by atoms with van der Waals surface area (Å²) in [6, 6.07) is 0.105. The SMILES string of the molecule is CCC(C)NC(=O)N1CCC(CC(=O)O)C1. The average Bonchev–Trinajstić information content (AvgIpc) is 2.65. The summed E-state index contributed by atoms with van der Waals surface area (Å²) in [6.45, 7) is 5.21. The first-order valence-corrected chi connectivity index (χ1v) is 5.80. The highest BCUT2D eigenvalue weighted by Gasteiger charge is 2.27. The molecule has 2 unspecified atom stereocenters. The maximum absolute atomic E-state index is 11.7. The maximum Gasteiger partial charge on any atom is 0.317 e. The Morgan fingerprint density at radius 1 is 1.56 bits per heavy atom. The molecule has 1 saturated heterocycles. The molecule has 2 atom stereocenters. The molecule has 92 valence electrons. The van der Waals surface area contributed by atoms with Crippen LogP contribution in [-0.4, -0.2) is 41.1 Å². The fourth-order valence-corrected chi connectivity index (χ4v) is 1.83. The summed E-state index contributed by atoms with van der Waals surface area (Å²) < 4.78 is 0. The number of carbonyl (C=O) groups is 2. The molecule has 0 bridgehead atoms. The first-order chi connectivity index (χ1) is 7.52. The van der Waals surface area contributed by atoms with E-state index in [1.54, 1.807) is 4.90 Å². The highest BCUT2D eigenvalue weighted by Crippen LogP contribution is 2.19. The van der Waals surface area contributed by atoms with E-state index in [1.165, 1.54) is 0 Å². The molecule has 0 spiro atoms. The van der Waals surface area contributed by atoms with Gasteiger partial charge in [-0.3, -0.25) is 4.79 Å². The molecular weight excluding hydrogens is 208 g/mol. The monoisotopic (exact) mass is 228 g/mol. The van der Waals surface area contributed by atoms with Crippen LogP contribution in [0.2, 0.25) is 0 Å². The summed E-state index contributed by atoms with van der Waals surface area (Å²) in [6.07, 6.45) is 1.85. The van der Waals surface area contributed by atoms with Crippen molar-refractivity contribution in [2.24, 2.45) is 5.92 Å². The van der Waals surface area contributed by atoms with E-state index in [4.69, 9.17) is 5.11 Å². The van der Waals surface area contributed by atoms with Crippen LogP contribution in [0.4, 0.5) is 4.79 Å². The average molecular weight is 228 g/mol. The number of nitrogens with zero attached hydrogens (tertiary/aromatic N) is 1. The number of carboxylic acid groups (broad SMARTS) is 1. The van der Waals surface area contributed by atoms with E-state index in [2.05, 4.69) is 5.32 Å². The third-order valence-electron chi connectivity index (χ3n) is 3.02. The van der Waals surface area contributed by atoms with E-state index in [0.717, 1.165) is 12.8 Å². The fraction of sp³-hybridized carbons (Fsp3) is 0.818. The number of nitrogens with one attached hydrogen (secondary N) is 1. The summed E-state index contributed by atoms with van der Waals surface area (Å²) in [4.78, 5) is 24.0. The first kappa shape index (κ1) is 12.8. The molecule has 1 fully saturated rings. The second kappa shape index (κ2) is 5.72. The lowest BCUT2D eigenvalue weighted by Gasteiger charge is -2.20. The molecule has 5 heteroatoms. The number of likely N-dealkylation sites (tertiary alicyclic amines) is 1. The number of hydrogen-bond acceptors (Lipinski definition) is 2. The lowest BCUT2D eigenvalue weighted by molar-refractivity contribution is -0.138. The molecule has 0 aromatic heterocycles. The molecule has 5 nitrogen and oxygen atoms in total. The molecular formula is C11H20N2O3. The molecule has 0 aliphatic carbocycles. The Morgan fingerprint density at radius 3 is 2.81 bits per heavy atom. The van der Waals surface area contributed by atoms with Crippen molar-refractivity contribution in [2.75, 3.05) is 13.1 Å². The van der Waals surface area contributed by atoms with Gasteiger partial charge < -0.3 is 15.3 Å². The van der Waals surface area contributed by atoms with Crippen LogP contribution >= 0.6 is 0 Å². The molecule has 0 saturated carbocycles. The number of aliphatic carboxylic acids is 1. The second-order valence-corrected chi connectivity index (χ2v) is 4.46. The molecule has 1 aliphatic heterocycles. The van der Waals surface area contributed by atoms with E-state index < -0.39 is 5.97 Å². The number of carbonyl (C=O) groups excluding carboxylic acids is 1. The minimum Gasteiger partial charge on any atom is -0.481 e. The van der Waals surface area contributed by atoms with Crippen LogP contribution in [0, 0.1) is 5.92 Å². The first-order valence-electron chi connectivity index (χ1n) is 5.80. The number of rotatable bonds is 4. The summed E-state index contributed by atoms with van der Waals surface area (Å²) in [5.74, 6) is -0.672. The van der Waals surface area contributed by atoms with E-state index >= 15 is 0 Å². The Labute approximate surface area is 95.8 Å². The van der Waals surface area contributed by atoms with Gasteiger partial charge in [-0.05, 0) is 25.7 Å². The highest BCUT2D eigenvalue weighted by molar-refractivity contribution is 5.75. The van der Waals surface area contributed by atoms with Crippen molar-refractivity contribution in [2.45, 2.75) is 39.2 Å². The van der Waals surface area contributed by atoms with Gasteiger partial charge in [0.2, 0.25) is 0 Å². The van der Waals surface area contributed by atoms with Crippen LogP contribution in [0.3, 0.4) is 0 Å². The van der Waals surface area contributed by atoms with Crippen LogP contribution < -0.4 is 5.32 Å². The van der Waals surface area contributed by atoms with Crippen molar-refractivity contribution in [3.63, 3.8) is 0 Å². The van der Waals surface area contributed by atoms with Gasteiger partial charge in [-0.2, -0.15) is 0 Å².